The number of hydrogen-bond donors (Lipinski definition) is 2. The minimum Gasteiger partial charge on any atom is -0.755 e. The Bertz CT molecular complexity index is 931. The summed E-state index contributed by atoms with van der Waals surface area (Å²) in [6.07, 6.45) is 6.23. The third-order valence-corrected chi connectivity index (χ3v) is 9.41. The maximum Gasteiger partial charge on any atom is 0.247 e. The van der Waals surface area contributed by atoms with E-state index in [1.54, 1.807) is 12.1 Å². The number of carbonyl (C=O) groups excluding carboxylic acids is 2. The molecule has 3 atom stereocenters. The molecular formula is C23H30N3O4S-. The summed E-state index contributed by atoms with van der Waals surface area (Å²) in [5.41, 5.74) is 5.69. The molecule has 0 heterocycles. The molecular weight excluding hydrogens is 414 g/mol. The molecule has 5 fully saturated rings. The fraction of sp³-hybridized carbons (Fsp3) is 0.652. The Kier molecular flexibility index (Phi) is 4.93. The second kappa shape index (κ2) is 7.30. The summed E-state index contributed by atoms with van der Waals surface area (Å²) in [5.74, 6) is 0.596. The Morgan fingerprint density at radius 2 is 1.81 bits per heavy atom. The molecule has 31 heavy (non-hydrogen) atoms. The molecule has 4 bridgehead atoms. The van der Waals surface area contributed by atoms with Gasteiger partial charge in [0.1, 0.15) is 5.54 Å². The van der Waals surface area contributed by atoms with Crippen LogP contribution in [0.25, 0.3) is 0 Å². The Morgan fingerprint density at radius 3 is 2.32 bits per heavy atom. The lowest BCUT2D eigenvalue weighted by molar-refractivity contribution is -0.148. The Labute approximate surface area is 185 Å². The van der Waals surface area contributed by atoms with E-state index in [-0.39, 0.29) is 29.7 Å². The highest BCUT2D eigenvalue weighted by Crippen LogP contribution is 2.60. The van der Waals surface area contributed by atoms with Gasteiger partial charge in [-0.05, 0) is 87.7 Å². The number of amides is 2. The van der Waals surface area contributed by atoms with E-state index >= 15 is 0 Å². The van der Waals surface area contributed by atoms with Gasteiger partial charge in [0.15, 0.2) is 0 Å². The van der Waals surface area contributed by atoms with Gasteiger partial charge in [0, 0.05) is 22.7 Å². The minimum atomic E-state index is -2.57. The zero-order chi connectivity index (χ0) is 22.0. The number of aryl methyl sites for hydroxylation is 1. The van der Waals surface area contributed by atoms with Gasteiger partial charge in [-0.25, -0.2) is 0 Å². The van der Waals surface area contributed by atoms with Gasteiger partial charge in [-0.15, -0.1) is 0 Å². The van der Waals surface area contributed by atoms with Crippen molar-refractivity contribution in [3.63, 3.8) is 0 Å². The highest BCUT2D eigenvalue weighted by molar-refractivity contribution is 7.80. The summed E-state index contributed by atoms with van der Waals surface area (Å²) in [5, 5.41) is 3.28. The molecule has 0 radical (unpaired) electrons. The van der Waals surface area contributed by atoms with Crippen LogP contribution in [0.5, 0.6) is 0 Å². The van der Waals surface area contributed by atoms with E-state index in [0.717, 1.165) is 44.1 Å². The number of para-hydroxylation sites is 1. The molecule has 8 heteroatoms. The molecule has 5 saturated carbocycles. The second-order valence-corrected chi connectivity index (χ2v) is 11.1. The fourth-order valence-corrected chi connectivity index (χ4v) is 8.04. The Hall–Kier alpha value is -1.93. The number of nitrogens with zero attached hydrogens (tertiary/aromatic N) is 1. The molecule has 3 N–H and O–H groups in total. The van der Waals surface area contributed by atoms with Crippen molar-refractivity contribution in [2.45, 2.75) is 69.9 Å². The maximum absolute atomic E-state index is 13.7. The summed E-state index contributed by atoms with van der Waals surface area (Å²) < 4.78 is 26.0. The average Bonchev–Trinajstić information content (AvgIpc) is 2.67. The summed E-state index contributed by atoms with van der Waals surface area (Å²) in [6, 6.07) is 7.28. The third-order valence-electron chi connectivity index (χ3n) is 8.57. The molecule has 7 nitrogen and oxygen atoms in total. The first-order chi connectivity index (χ1) is 14.8. The molecule has 0 spiro atoms. The van der Waals surface area contributed by atoms with E-state index in [9.17, 15) is 18.4 Å². The van der Waals surface area contributed by atoms with Crippen molar-refractivity contribution in [1.29, 1.82) is 0 Å². The lowest BCUT2D eigenvalue weighted by Gasteiger charge is -2.59. The molecule has 3 unspecified atom stereocenters. The lowest BCUT2D eigenvalue weighted by atomic mass is 9.47. The van der Waals surface area contributed by atoms with Crippen LogP contribution in [-0.2, 0) is 20.9 Å². The summed E-state index contributed by atoms with van der Waals surface area (Å²) in [4.78, 5) is 25.9. The van der Waals surface area contributed by atoms with Crippen LogP contribution in [0.3, 0.4) is 0 Å². The van der Waals surface area contributed by atoms with Crippen LogP contribution in [0.1, 0.15) is 56.9 Å². The van der Waals surface area contributed by atoms with Crippen LogP contribution in [-0.4, -0.2) is 32.2 Å². The van der Waals surface area contributed by atoms with Crippen molar-refractivity contribution < 1.29 is 18.4 Å². The van der Waals surface area contributed by atoms with Gasteiger partial charge in [-0.3, -0.25) is 18.1 Å². The third kappa shape index (κ3) is 3.13. The molecule has 168 valence electrons. The van der Waals surface area contributed by atoms with Crippen LogP contribution in [0.2, 0.25) is 0 Å². The molecule has 5 aliphatic carbocycles. The zero-order valence-corrected chi connectivity index (χ0v) is 18.7. The fourth-order valence-electron chi connectivity index (χ4n) is 7.13. The van der Waals surface area contributed by atoms with Gasteiger partial charge in [0.2, 0.25) is 11.8 Å². The molecule has 6 rings (SSSR count). The predicted octanol–water partition coefficient (Wildman–Crippen LogP) is 2.31. The van der Waals surface area contributed by atoms with Gasteiger partial charge in [-0.1, -0.05) is 18.2 Å². The quantitative estimate of drug-likeness (QED) is 0.655. The maximum atomic E-state index is 13.7. The first-order valence-corrected chi connectivity index (χ1v) is 12.4. The number of carbonyl (C=O) groups is 2. The molecule has 1 aromatic rings. The van der Waals surface area contributed by atoms with Gasteiger partial charge in [0.25, 0.3) is 0 Å². The van der Waals surface area contributed by atoms with Gasteiger partial charge in [0.05, 0.1) is 5.69 Å². The first-order valence-electron chi connectivity index (χ1n) is 11.3. The standard InChI is InChI=1S/C23H31N3O4S/c1-14-5-2-3-6-18(14)26(31(29)30)23(7-4-8-23)21(28)25-19-16-9-15-10-17(19)13-22(11-15,12-16)20(24)27/h2-3,5-6,15-17,19H,4,7-13H2,1H3,(H2,24,27)(H,25,28)(H,29,30)/p-1. The molecule has 2 amide bonds. The first kappa shape index (κ1) is 20.9. The van der Waals surface area contributed by atoms with Crippen molar-refractivity contribution in [2.24, 2.45) is 28.9 Å². The van der Waals surface area contributed by atoms with E-state index in [2.05, 4.69) is 5.32 Å². The predicted molar refractivity (Wildman–Crippen MR) is 116 cm³/mol. The van der Waals surface area contributed by atoms with Gasteiger partial charge < -0.3 is 15.6 Å². The van der Waals surface area contributed by atoms with Crippen LogP contribution in [0.15, 0.2) is 24.3 Å². The number of anilines is 1. The monoisotopic (exact) mass is 444 g/mol. The second-order valence-electron chi connectivity index (χ2n) is 10.3. The number of nitrogens with one attached hydrogen (secondary N) is 1. The highest BCUT2D eigenvalue weighted by Gasteiger charge is 2.59. The van der Waals surface area contributed by atoms with Gasteiger partial charge in [-0.2, -0.15) is 0 Å². The summed E-state index contributed by atoms with van der Waals surface area (Å²) in [6.45, 7) is 1.86. The van der Waals surface area contributed by atoms with Crippen molar-refractivity contribution >= 4 is 28.8 Å². The normalized spacial score (nSPS) is 35.8. The van der Waals surface area contributed by atoms with E-state index in [1.807, 2.05) is 19.1 Å². The van der Waals surface area contributed by atoms with Crippen molar-refractivity contribution in [2.75, 3.05) is 4.31 Å². The average molecular weight is 445 g/mol. The summed E-state index contributed by atoms with van der Waals surface area (Å²) in [7, 11) is 0. The molecule has 0 saturated heterocycles. The minimum absolute atomic E-state index is 0.00666. The van der Waals surface area contributed by atoms with Gasteiger partial charge >= 0.3 is 0 Å². The van der Waals surface area contributed by atoms with E-state index < -0.39 is 22.2 Å². The molecule has 5 aliphatic rings. The number of hydrogen-bond acceptors (Lipinski definition) is 4. The van der Waals surface area contributed by atoms with Crippen molar-refractivity contribution in [3.05, 3.63) is 29.8 Å². The smallest absolute Gasteiger partial charge is 0.247 e. The number of rotatable bonds is 6. The molecule has 0 aliphatic heterocycles. The van der Waals surface area contributed by atoms with Crippen molar-refractivity contribution in [3.8, 4) is 0 Å². The summed E-state index contributed by atoms with van der Waals surface area (Å²) >= 11 is -2.57. The SMILES string of the molecule is Cc1ccccc1N(S(=O)[O-])C1(C(=O)NC2C3CC4CC2CC(C(N)=O)(C4)C3)CCC1. The molecule has 1 aromatic carbocycles. The number of nitrogens with two attached hydrogens (primary N) is 1. The largest absolute Gasteiger partial charge is 0.755 e. The van der Waals surface area contributed by atoms with E-state index in [0.29, 0.717) is 24.4 Å². The van der Waals surface area contributed by atoms with Crippen LogP contribution >= 0.6 is 0 Å². The van der Waals surface area contributed by atoms with Crippen molar-refractivity contribution in [1.82, 2.24) is 5.32 Å². The number of benzene rings is 1. The zero-order valence-electron chi connectivity index (χ0n) is 17.8. The van der Waals surface area contributed by atoms with Crippen LogP contribution in [0, 0.1) is 30.1 Å². The molecule has 0 aromatic heterocycles. The highest BCUT2D eigenvalue weighted by atomic mass is 32.2. The van der Waals surface area contributed by atoms with E-state index in [4.69, 9.17) is 5.73 Å². The van der Waals surface area contributed by atoms with E-state index in [1.165, 1.54) is 4.31 Å². The Balaban J connectivity index is 1.41. The Morgan fingerprint density at radius 1 is 1.16 bits per heavy atom. The lowest BCUT2D eigenvalue weighted by Crippen LogP contribution is -2.68. The van der Waals surface area contributed by atoms with Crippen LogP contribution in [0.4, 0.5) is 5.69 Å². The topological polar surface area (TPSA) is 116 Å². The number of primary amides is 1. The van der Waals surface area contributed by atoms with Crippen LogP contribution < -0.4 is 15.4 Å².